The zero-order valence-corrected chi connectivity index (χ0v) is 19.7. The van der Waals surface area contributed by atoms with Crippen molar-refractivity contribution in [1.29, 1.82) is 0 Å². The highest BCUT2D eigenvalue weighted by molar-refractivity contribution is 6.00. The molecule has 1 atom stereocenters. The van der Waals surface area contributed by atoms with Crippen LogP contribution in [0.2, 0.25) is 0 Å². The Labute approximate surface area is 201 Å². The first-order valence-electron chi connectivity index (χ1n) is 11.8. The highest BCUT2D eigenvalue weighted by atomic mass is 16.3. The fraction of sp³-hybridized carbons (Fsp3) is 0.161. The minimum Gasteiger partial charge on any atom is -0.389 e. The number of anilines is 1. The minimum atomic E-state index is -0.528. The number of hydrogen-bond acceptors (Lipinski definition) is 2. The number of nitrogens with one attached hydrogen (secondary N) is 1. The Bertz CT molecular complexity index is 1390. The first-order chi connectivity index (χ1) is 16.6. The predicted octanol–water partition coefficient (Wildman–Crippen LogP) is 7.07. The summed E-state index contributed by atoms with van der Waals surface area (Å²) in [4.78, 5) is 0. The van der Waals surface area contributed by atoms with Gasteiger partial charge in [-0.05, 0) is 48.7 Å². The number of aromatic nitrogens is 1. The lowest BCUT2D eigenvalue weighted by atomic mass is 9.99. The van der Waals surface area contributed by atoms with Crippen molar-refractivity contribution in [2.24, 2.45) is 0 Å². The Morgan fingerprint density at radius 1 is 0.735 bits per heavy atom. The summed E-state index contributed by atoms with van der Waals surface area (Å²) in [6.07, 6.45) is -0.528. The van der Waals surface area contributed by atoms with E-state index in [0.717, 1.165) is 11.2 Å². The Balaban J connectivity index is 1.52. The van der Waals surface area contributed by atoms with Gasteiger partial charge in [0.15, 0.2) is 0 Å². The maximum absolute atomic E-state index is 11.0. The van der Waals surface area contributed by atoms with E-state index in [-0.39, 0.29) is 0 Å². The van der Waals surface area contributed by atoms with Gasteiger partial charge in [-0.25, -0.2) is 0 Å². The first kappa shape index (κ1) is 22.0. The molecular weight excluding hydrogens is 416 g/mol. The monoisotopic (exact) mass is 446 g/mol. The van der Waals surface area contributed by atoms with Crippen LogP contribution >= 0.6 is 0 Å². The zero-order chi connectivity index (χ0) is 23.5. The molecule has 0 aliphatic carbocycles. The van der Waals surface area contributed by atoms with Crippen molar-refractivity contribution in [2.75, 3.05) is 11.9 Å². The third-order valence-electron chi connectivity index (χ3n) is 6.48. The molecule has 3 nitrogen and oxygen atoms in total. The molecule has 1 heterocycles. The van der Waals surface area contributed by atoms with Crippen LogP contribution in [0.15, 0.2) is 103 Å². The Morgan fingerprint density at radius 2 is 1.38 bits per heavy atom. The van der Waals surface area contributed by atoms with Gasteiger partial charge in [0.1, 0.15) is 0 Å². The fourth-order valence-corrected chi connectivity index (χ4v) is 4.67. The van der Waals surface area contributed by atoms with Crippen molar-refractivity contribution >= 4 is 16.6 Å². The van der Waals surface area contributed by atoms with Crippen LogP contribution in [-0.4, -0.2) is 22.3 Å². The Hall–Kier alpha value is -3.82. The van der Waals surface area contributed by atoms with Crippen molar-refractivity contribution in [3.63, 3.8) is 0 Å². The molecule has 0 radical (unpaired) electrons. The topological polar surface area (TPSA) is 37.2 Å². The van der Waals surface area contributed by atoms with Crippen molar-refractivity contribution in [3.05, 3.63) is 114 Å². The molecule has 4 aromatic carbocycles. The number of rotatable bonds is 7. The van der Waals surface area contributed by atoms with Crippen LogP contribution in [0.25, 0.3) is 33.2 Å². The third kappa shape index (κ3) is 4.48. The molecule has 5 aromatic rings. The number of aryl methyl sites for hydroxylation is 1. The SMILES string of the molecule is Cc1ccc(NCC(O)Cn2c(C)c(-c3ccccc3)c3ccc(-c4ccccc4)cc32)cc1. The van der Waals surface area contributed by atoms with Gasteiger partial charge in [-0.3, -0.25) is 0 Å². The number of aliphatic hydroxyl groups is 1. The molecular formula is C31H30N2O. The highest BCUT2D eigenvalue weighted by Gasteiger charge is 2.18. The van der Waals surface area contributed by atoms with Crippen LogP contribution in [0.5, 0.6) is 0 Å². The molecule has 0 aliphatic rings. The predicted molar refractivity (Wildman–Crippen MR) is 143 cm³/mol. The van der Waals surface area contributed by atoms with Crippen LogP contribution in [0, 0.1) is 13.8 Å². The quantitative estimate of drug-likeness (QED) is 0.281. The van der Waals surface area contributed by atoms with Gasteiger partial charge >= 0.3 is 0 Å². The summed E-state index contributed by atoms with van der Waals surface area (Å²) in [5.74, 6) is 0. The van der Waals surface area contributed by atoms with E-state index in [9.17, 15) is 5.11 Å². The normalized spacial score (nSPS) is 12.1. The number of nitrogens with zero attached hydrogens (tertiary/aromatic N) is 1. The van der Waals surface area contributed by atoms with Gasteiger partial charge in [0.25, 0.3) is 0 Å². The molecule has 0 bridgehead atoms. The largest absolute Gasteiger partial charge is 0.389 e. The second-order valence-electron chi connectivity index (χ2n) is 8.94. The van der Waals surface area contributed by atoms with Gasteiger partial charge in [-0.1, -0.05) is 90.5 Å². The van der Waals surface area contributed by atoms with Crippen LogP contribution in [0.4, 0.5) is 5.69 Å². The molecule has 0 amide bonds. The van der Waals surface area contributed by atoms with E-state index in [0.29, 0.717) is 13.1 Å². The molecule has 34 heavy (non-hydrogen) atoms. The molecule has 0 saturated carbocycles. The number of aliphatic hydroxyl groups excluding tert-OH is 1. The third-order valence-corrected chi connectivity index (χ3v) is 6.48. The van der Waals surface area contributed by atoms with E-state index in [1.807, 2.05) is 12.1 Å². The second kappa shape index (κ2) is 9.58. The number of benzene rings is 4. The van der Waals surface area contributed by atoms with Crippen LogP contribution in [0.1, 0.15) is 11.3 Å². The molecule has 170 valence electrons. The van der Waals surface area contributed by atoms with Gasteiger partial charge in [-0.2, -0.15) is 0 Å². The lowest BCUT2D eigenvalue weighted by molar-refractivity contribution is 0.167. The molecule has 2 N–H and O–H groups in total. The van der Waals surface area contributed by atoms with E-state index in [1.54, 1.807) is 0 Å². The van der Waals surface area contributed by atoms with Gasteiger partial charge < -0.3 is 15.0 Å². The molecule has 3 heteroatoms. The maximum atomic E-state index is 11.0. The number of hydrogen-bond donors (Lipinski definition) is 2. The summed E-state index contributed by atoms with van der Waals surface area (Å²) in [7, 11) is 0. The molecule has 0 fully saturated rings. The standard InChI is InChI=1S/C31H30N2O/c1-22-13-16-27(17-14-22)32-20-28(34)21-33-23(2)31(25-11-7-4-8-12-25)29-18-15-26(19-30(29)33)24-9-5-3-6-10-24/h3-19,28,32,34H,20-21H2,1-2H3. The molecule has 5 rings (SSSR count). The molecule has 1 unspecified atom stereocenters. The summed E-state index contributed by atoms with van der Waals surface area (Å²) in [5.41, 5.74) is 9.36. The van der Waals surface area contributed by atoms with E-state index in [2.05, 4.69) is 115 Å². The smallest absolute Gasteiger partial charge is 0.0891 e. The van der Waals surface area contributed by atoms with E-state index >= 15 is 0 Å². The maximum Gasteiger partial charge on any atom is 0.0891 e. The molecule has 0 aliphatic heterocycles. The second-order valence-corrected chi connectivity index (χ2v) is 8.94. The van der Waals surface area contributed by atoms with Gasteiger partial charge in [0.2, 0.25) is 0 Å². The van der Waals surface area contributed by atoms with Crippen molar-refractivity contribution in [3.8, 4) is 22.3 Å². The Morgan fingerprint density at radius 3 is 2.06 bits per heavy atom. The minimum absolute atomic E-state index is 0.487. The average molecular weight is 447 g/mol. The van der Waals surface area contributed by atoms with E-state index < -0.39 is 6.10 Å². The average Bonchev–Trinajstić information content (AvgIpc) is 3.15. The molecule has 1 aromatic heterocycles. The van der Waals surface area contributed by atoms with Crippen LogP contribution in [-0.2, 0) is 6.54 Å². The summed E-state index contributed by atoms with van der Waals surface area (Å²) in [5, 5.41) is 15.6. The van der Waals surface area contributed by atoms with Crippen LogP contribution < -0.4 is 5.32 Å². The first-order valence-corrected chi connectivity index (χ1v) is 11.8. The van der Waals surface area contributed by atoms with Crippen molar-refractivity contribution in [1.82, 2.24) is 4.57 Å². The van der Waals surface area contributed by atoms with Crippen molar-refractivity contribution < 1.29 is 5.11 Å². The van der Waals surface area contributed by atoms with Gasteiger partial charge in [0.05, 0.1) is 12.6 Å². The molecule has 0 saturated heterocycles. The summed E-state index contributed by atoms with van der Waals surface area (Å²) >= 11 is 0. The zero-order valence-electron chi connectivity index (χ0n) is 19.7. The van der Waals surface area contributed by atoms with Gasteiger partial charge in [0, 0.05) is 34.4 Å². The Kier molecular flexibility index (Phi) is 6.20. The lowest BCUT2D eigenvalue weighted by Crippen LogP contribution is -2.25. The highest BCUT2D eigenvalue weighted by Crippen LogP contribution is 2.37. The number of fused-ring (bicyclic) bond motifs is 1. The molecule has 0 spiro atoms. The van der Waals surface area contributed by atoms with Crippen LogP contribution in [0.3, 0.4) is 0 Å². The van der Waals surface area contributed by atoms with E-state index in [4.69, 9.17) is 0 Å². The van der Waals surface area contributed by atoms with Crippen molar-refractivity contribution in [2.45, 2.75) is 26.5 Å². The van der Waals surface area contributed by atoms with Gasteiger partial charge in [-0.15, -0.1) is 0 Å². The fourth-order valence-electron chi connectivity index (χ4n) is 4.67. The summed E-state index contributed by atoms with van der Waals surface area (Å²) in [6, 6.07) is 35.9. The summed E-state index contributed by atoms with van der Waals surface area (Å²) < 4.78 is 2.27. The summed E-state index contributed by atoms with van der Waals surface area (Å²) in [6.45, 7) is 5.24. The van der Waals surface area contributed by atoms with E-state index in [1.165, 1.54) is 38.9 Å². The lowest BCUT2D eigenvalue weighted by Gasteiger charge is -2.17.